The van der Waals surface area contributed by atoms with Gasteiger partial charge in [-0.25, -0.2) is 12.7 Å². The Morgan fingerprint density at radius 2 is 1.90 bits per heavy atom. The third-order valence-corrected chi connectivity index (χ3v) is 5.76. The van der Waals surface area contributed by atoms with Gasteiger partial charge in [-0.2, -0.15) is 0 Å². The van der Waals surface area contributed by atoms with Crippen molar-refractivity contribution in [1.82, 2.24) is 4.31 Å². The molecule has 1 aromatic carbocycles. The van der Waals surface area contributed by atoms with E-state index in [-0.39, 0.29) is 18.1 Å². The number of carbonyl (C=O) groups excluding carboxylic acids is 1. The molecule has 0 spiro atoms. The van der Waals surface area contributed by atoms with Gasteiger partial charge in [-0.15, -0.1) is 0 Å². The summed E-state index contributed by atoms with van der Waals surface area (Å²) < 4.78 is 26.2. The van der Waals surface area contributed by atoms with Gasteiger partial charge in [0, 0.05) is 24.0 Å². The Morgan fingerprint density at radius 1 is 1.25 bits per heavy atom. The molecule has 0 bridgehead atoms. The van der Waals surface area contributed by atoms with Crippen molar-refractivity contribution in [2.75, 3.05) is 24.2 Å². The summed E-state index contributed by atoms with van der Waals surface area (Å²) in [6.07, 6.45) is 1.78. The van der Waals surface area contributed by atoms with E-state index in [1.165, 1.54) is 4.31 Å². The summed E-state index contributed by atoms with van der Waals surface area (Å²) in [5.41, 5.74) is 0.649. The highest BCUT2D eigenvalue weighted by Crippen LogP contribution is 2.21. The number of halogens is 1. The van der Waals surface area contributed by atoms with Crippen molar-refractivity contribution in [2.45, 2.75) is 19.3 Å². The van der Waals surface area contributed by atoms with Crippen LogP contribution in [-0.2, 0) is 14.8 Å². The van der Waals surface area contributed by atoms with Crippen LogP contribution in [0.15, 0.2) is 28.7 Å². The fourth-order valence-electron chi connectivity index (χ4n) is 2.09. The lowest BCUT2D eigenvalue weighted by Crippen LogP contribution is -2.31. The molecule has 20 heavy (non-hydrogen) atoms. The number of carbonyl (C=O) groups is 1. The van der Waals surface area contributed by atoms with Gasteiger partial charge in [0.15, 0.2) is 0 Å². The van der Waals surface area contributed by atoms with Crippen LogP contribution in [0.25, 0.3) is 0 Å². The predicted octanol–water partition coefficient (Wildman–Crippen LogP) is 2.20. The van der Waals surface area contributed by atoms with Crippen molar-refractivity contribution in [1.29, 1.82) is 0 Å². The fraction of sp³-hybridized carbons (Fsp3) is 0.462. The highest BCUT2D eigenvalue weighted by atomic mass is 79.9. The van der Waals surface area contributed by atoms with E-state index in [1.54, 1.807) is 12.1 Å². The number of hydrogen-bond donors (Lipinski definition) is 1. The van der Waals surface area contributed by atoms with E-state index in [9.17, 15) is 13.2 Å². The lowest BCUT2D eigenvalue weighted by molar-refractivity contribution is -0.115. The molecule has 1 amide bonds. The topological polar surface area (TPSA) is 66.5 Å². The summed E-state index contributed by atoms with van der Waals surface area (Å²) in [4.78, 5) is 11.8. The summed E-state index contributed by atoms with van der Waals surface area (Å²) in [5, 5.41) is 2.70. The van der Waals surface area contributed by atoms with Crippen LogP contribution in [0.3, 0.4) is 0 Å². The summed E-state index contributed by atoms with van der Waals surface area (Å²) in [6.45, 7) is 1.16. The molecular formula is C13H17BrN2O3S. The molecule has 1 fully saturated rings. The highest BCUT2D eigenvalue weighted by Gasteiger charge is 2.25. The van der Waals surface area contributed by atoms with Crippen LogP contribution in [0.4, 0.5) is 5.69 Å². The van der Waals surface area contributed by atoms with Gasteiger partial charge >= 0.3 is 0 Å². The van der Waals surface area contributed by atoms with Crippen molar-refractivity contribution >= 4 is 37.5 Å². The number of rotatable bonds is 5. The van der Waals surface area contributed by atoms with E-state index in [0.717, 1.165) is 17.3 Å². The second-order valence-corrected chi connectivity index (χ2v) is 7.64. The first-order valence-corrected chi connectivity index (χ1v) is 8.91. The van der Waals surface area contributed by atoms with Gasteiger partial charge in [0.1, 0.15) is 0 Å². The number of nitrogens with one attached hydrogen (secondary N) is 1. The van der Waals surface area contributed by atoms with Gasteiger partial charge in [-0.05, 0) is 40.9 Å². The van der Waals surface area contributed by atoms with Crippen molar-refractivity contribution in [2.24, 2.45) is 0 Å². The zero-order valence-corrected chi connectivity index (χ0v) is 13.4. The van der Waals surface area contributed by atoms with Crippen LogP contribution in [0.5, 0.6) is 0 Å². The first kappa shape index (κ1) is 15.5. The Bertz CT molecular complexity index is 583. The molecule has 7 heteroatoms. The smallest absolute Gasteiger partial charge is 0.225 e. The minimum absolute atomic E-state index is 0.0276. The molecule has 2 rings (SSSR count). The maximum atomic E-state index is 12.0. The maximum Gasteiger partial charge on any atom is 0.225 e. The Labute approximate surface area is 127 Å². The van der Waals surface area contributed by atoms with Crippen LogP contribution in [0.1, 0.15) is 19.3 Å². The number of nitrogens with zero attached hydrogens (tertiary/aromatic N) is 1. The standard InChI is InChI=1S/C13H17BrN2O3S/c14-11-5-1-2-6-12(11)15-13(17)7-10-20(18,19)16-8-3-4-9-16/h1-2,5-6H,3-4,7-10H2,(H,15,17). The number of para-hydroxylation sites is 1. The van der Waals surface area contributed by atoms with Gasteiger partial charge in [-0.3, -0.25) is 4.79 Å². The van der Waals surface area contributed by atoms with Crippen molar-refractivity contribution in [3.8, 4) is 0 Å². The Hall–Kier alpha value is -0.920. The van der Waals surface area contributed by atoms with E-state index >= 15 is 0 Å². The molecule has 110 valence electrons. The molecule has 0 aromatic heterocycles. The Balaban J connectivity index is 1.88. The van der Waals surface area contributed by atoms with E-state index in [2.05, 4.69) is 21.2 Å². The lowest BCUT2D eigenvalue weighted by Gasteiger charge is -2.15. The molecule has 0 unspecified atom stereocenters. The maximum absolute atomic E-state index is 12.0. The zero-order chi connectivity index (χ0) is 14.6. The monoisotopic (exact) mass is 360 g/mol. The number of benzene rings is 1. The van der Waals surface area contributed by atoms with Gasteiger partial charge in [-0.1, -0.05) is 12.1 Å². The number of hydrogen-bond acceptors (Lipinski definition) is 3. The lowest BCUT2D eigenvalue weighted by atomic mass is 10.3. The van der Waals surface area contributed by atoms with Crippen molar-refractivity contribution in [3.63, 3.8) is 0 Å². The summed E-state index contributed by atoms with van der Waals surface area (Å²) >= 11 is 3.33. The highest BCUT2D eigenvalue weighted by molar-refractivity contribution is 9.10. The minimum Gasteiger partial charge on any atom is -0.325 e. The van der Waals surface area contributed by atoms with E-state index in [0.29, 0.717) is 18.8 Å². The van der Waals surface area contributed by atoms with Crippen LogP contribution < -0.4 is 5.32 Å². The largest absolute Gasteiger partial charge is 0.325 e. The van der Waals surface area contributed by atoms with Gasteiger partial charge in [0.25, 0.3) is 0 Å². The Morgan fingerprint density at radius 3 is 2.55 bits per heavy atom. The van der Waals surface area contributed by atoms with Crippen LogP contribution in [0, 0.1) is 0 Å². The van der Waals surface area contributed by atoms with E-state index in [4.69, 9.17) is 0 Å². The number of sulfonamides is 1. The van der Waals surface area contributed by atoms with Gasteiger partial charge < -0.3 is 5.32 Å². The summed E-state index contributed by atoms with van der Waals surface area (Å²) in [7, 11) is -3.30. The summed E-state index contributed by atoms with van der Waals surface area (Å²) in [5.74, 6) is -0.428. The molecule has 1 heterocycles. The molecular weight excluding hydrogens is 344 g/mol. The first-order chi connectivity index (χ1) is 9.49. The average molecular weight is 361 g/mol. The van der Waals surface area contributed by atoms with Crippen molar-refractivity contribution < 1.29 is 13.2 Å². The number of anilines is 1. The molecule has 1 saturated heterocycles. The molecule has 1 aliphatic rings. The summed E-state index contributed by atoms with van der Waals surface area (Å²) in [6, 6.07) is 7.23. The quantitative estimate of drug-likeness (QED) is 0.875. The first-order valence-electron chi connectivity index (χ1n) is 6.51. The second-order valence-electron chi connectivity index (χ2n) is 4.70. The molecule has 0 atom stereocenters. The SMILES string of the molecule is O=C(CCS(=O)(=O)N1CCCC1)Nc1ccccc1Br. The third-order valence-electron chi connectivity index (χ3n) is 3.19. The van der Waals surface area contributed by atoms with Crippen LogP contribution in [-0.4, -0.2) is 37.5 Å². The molecule has 0 aliphatic carbocycles. The fourth-order valence-corrected chi connectivity index (χ4v) is 3.99. The minimum atomic E-state index is -3.30. The van der Waals surface area contributed by atoms with Gasteiger partial charge in [0.2, 0.25) is 15.9 Å². The van der Waals surface area contributed by atoms with Crippen LogP contribution >= 0.6 is 15.9 Å². The third kappa shape index (κ3) is 4.04. The molecule has 1 aromatic rings. The average Bonchev–Trinajstić information content (AvgIpc) is 2.94. The molecule has 1 aliphatic heterocycles. The van der Waals surface area contributed by atoms with Gasteiger partial charge in [0.05, 0.1) is 11.4 Å². The molecule has 0 radical (unpaired) electrons. The molecule has 1 N–H and O–H groups in total. The van der Waals surface area contributed by atoms with E-state index < -0.39 is 10.0 Å². The normalized spacial score (nSPS) is 16.2. The van der Waals surface area contributed by atoms with Crippen LogP contribution in [0.2, 0.25) is 0 Å². The predicted molar refractivity (Wildman–Crippen MR) is 82.0 cm³/mol. The Kier molecular flexibility index (Phi) is 5.17. The van der Waals surface area contributed by atoms with Crippen molar-refractivity contribution in [3.05, 3.63) is 28.7 Å². The second kappa shape index (κ2) is 6.69. The molecule has 0 saturated carbocycles. The zero-order valence-electron chi connectivity index (χ0n) is 11.0. The molecule has 5 nitrogen and oxygen atoms in total. The van der Waals surface area contributed by atoms with E-state index in [1.807, 2.05) is 12.1 Å². The number of amides is 1.